The average molecular weight is 219 g/mol. The Kier molecular flexibility index (Phi) is 4.15. The van der Waals surface area contributed by atoms with Crippen molar-refractivity contribution in [1.29, 1.82) is 0 Å². The molecule has 1 nitrogen and oxygen atoms in total. The Labute approximate surface area is 94.8 Å². The first-order valence-corrected chi connectivity index (χ1v) is 7.26. The summed E-state index contributed by atoms with van der Waals surface area (Å²) in [5, 5.41) is 4.99. The van der Waals surface area contributed by atoms with Gasteiger partial charge in [0.2, 0.25) is 0 Å². The molecule has 0 radical (unpaired) electrons. The molecule has 1 atom stereocenters. The van der Waals surface area contributed by atoms with Crippen LogP contribution in [0, 0.1) is 0 Å². The SMILES string of the molecule is CNC=C[SiH](c1ccccc1)C(C)(C)C. The zero-order valence-corrected chi connectivity index (χ0v) is 11.3. The summed E-state index contributed by atoms with van der Waals surface area (Å²) >= 11 is 0. The summed E-state index contributed by atoms with van der Waals surface area (Å²) in [7, 11) is 0.913. The predicted octanol–water partition coefficient (Wildman–Crippen LogP) is 2.19. The first-order valence-electron chi connectivity index (χ1n) is 5.44. The Balaban J connectivity index is 2.97. The number of hydrogen-bond donors (Lipinski definition) is 1. The minimum absolute atomic E-state index is 0.384. The third kappa shape index (κ3) is 3.55. The maximum Gasteiger partial charge on any atom is 0.101 e. The molecule has 1 unspecified atom stereocenters. The number of rotatable bonds is 3. The van der Waals surface area contributed by atoms with Crippen molar-refractivity contribution in [3.05, 3.63) is 42.2 Å². The van der Waals surface area contributed by atoms with E-state index in [0.717, 1.165) is 0 Å². The molecule has 0 amide bonds. The van der Waals surface area contributed by atoms with Crippen LogP contribution < -0.4 is 10.5 Å². The van der Waals surface area contributed by atoms with Crippen LogP contribution in [0.25, 0.3) is 0 Å². The van der Waals surface area contributed by atoms with Gasteiger partial charge >= 0.3 is 0 Å². The molecule has 0 aliphatic carbocycles. The molecule has 1 aromatic rings. The highest BCUT2D eigenvalue weighted by Gasteiger charge is 2.25. The lowest BCUT2D eigenvalue weighted by Gasteiger charge is -2.27. The number of nitrogens with one attached hydrogen (secondary N) is 1. The second-order valence-electron chi connectivity index (χ2n) is 4.90. The Hall–Kier alpha value is -1.02. The quantitative estimate of drug-likeness (QED) is 0.769. The molecule has 1 N–H and O–H groups in total. The van der Waals surface area contributed by atoms with Crippen LogP contribution in [0.5, 0.6) is 0 Å². The summed E-state index contributed by atoms with van der Waals surface area (Å²) < 4.78 is 0. The molecule has 0 aliphatic rings. The summed E-state index contributed by atoms with van der Waals surface area (Å²) in [5.74, 6) is 0. The summed E-state index contributed by atoms with van der Waals surface area (Å²) in [5.41, 5.74) is 2.37. The minimum atomic E-state index is -1.04. The first-order chi connectivity index (χ1) is 7.05. The van der Waals surface area contributed by atoms with Gasteiger partial charge in [-0.1, -0.05) is 62.0 Å². The van der Waals surface area contributed by atoms with Crippen LogP contribution >= 0.6 is 0 Å². The van der Waals surface area contributed by atoms with Crippen LogP contribution in [0.15, 0.2) is 42.2 Å². The third-order valence-corrected chi connectivity index (χ3v) is 6.09. The fraction of sp³-hybridized carbons (Fsp3) is 0.385. The van der Waals surface area contributed by atoms with Crippen LogP contribution in [0.4, 0.5) is 0 Å². The summed E-state index contributed by atoms with van der Waals surface area (Å²) in [4.78, 5) is 0. The van der Waals surface area contributed by atoms with E-state index in [-0.39, 0.29) is 0 Å². The predicted molar refractivity (Wildman–Crippen MR) is 71.1 cm³/mol. The zero-order valence-electron chi connectivity index (χ0n) is 10.1. The van der Waals surface area contributed by atoms with Crippen molar-refractivity contribution in [2.75, 3.05) is 7.05 Å². The van der Waals surface area contributed by atoms with E-state index in [4.69, 9.17) is 0 Å². The highest BCUT2D eigenvalue weighted by molar-refractivity contribution is 6.80. The minimum Gasteiger partial charge on any atom is -0.395 e. The van der Waals surface area contributed by atoms with Gasteiger partial charge in [-0.05, 0) is 11.2 Å². The molecule has 0 heterocycles. The van der Waals surface area contributed by atoms with Crippen molar-refractivity contribution in [2.45, 2.75) is 25.8 Å². The molecule has 2 heteroatoms. The van der Waals surface area contributed by atoms with E-state index in [0.29, 0.717) is 5.04 Å². The molecule has 82 valence electrons. The van der Waals surface area contributed by atoms with Crippen molar-refractivity contribution in [3.63, 3.8) is 0 Å². The Morgan fingerprint density at radius 2 is 1.73 bits per heavy atom. The van der Waals surface area contributed by atoms with Gasteiger partial charge in [0.25, 0.3) is 0 Å². The Morgan fingerprint density at radius 3 is 2.20 bits per heavy atom. The zero-order chi connectivity index (χ0) is 11.3. The molecule has 0 aromatic heterocycles. The maximum atomic E-state index is 3.09. The van der Waals surface area contributed by atoms with Crippen molar-refractivity contribution >= 4 is 14.0 Å². The highest BCUT2D eigenvalue weighted by Crippen LogP contribution is 2.27. The van der Waals surface area contributed by atoms with Crippen molar-refractivity contribution in [2.24, 2.45) is 0 Å². The van der Waals surface area contributed by atoms with Crippen LogP contribution in [0.2, 0.25) is 5.04 Å². The average Bonchev–Trinajstić information content (AvgIpc) is 2.18. The monoisotopic (exact) mass is 219 g/mol. The van der Waals surface area contributed by atoms with E-state index < -0.39 is 8.80 Å². The molecule has 0 bridgehead atoms. The molecule has 1 aromatic carbocycles. The van der Waals surface area contributed by atoms with E-state index >= 15 is 0 Å². The van der Waals surface area contributed by atoms with Gasteiger partial charge in [0.1, 0.15) is 8.80 Å². The Morgan fingerprint density at radius 1 is 1.13 bits per heavy atom. The van der Waals surface area contributed by atoms with Crippen LogP contribution in [-0.4, -0.2) is 15.8 Å². The molecule has 0 aliphatic heterocycles. The van der Waals surface area contributed by atoms with E-state index in [1.165, 1.54) is 5.19 Å². The van der Waals surface area contributed by atoms with Crippen molar-refractivity contribution in [1.82, 2.24) is 5.32 Å². The number of benzene rings is 1. The summed E-state index contributed by atoms with van der Waals surface area (Å²) in [6, 6.07) is 10.9. The maximum absolute atomic E-state index is 3.09. The molecular weight excluding hydrogens is 198 g/mol. The molecular formula is C13H21NSi. The van der Waals surface area contributed by atoms with E-state index in [2.05, 4.69) is 68.3 Å². The van der Waals surface area contributed by atoms with Gasteiger partial charge in [0.05, 0.1) is 0 Å². The Bertz CT molecular complexity index is 311. The second kappa shape index (κ2) is 5.17. The standard InChI is InChI=1S/C13H21NSi/c1-13(2,3)15(11-10-14-4)12-8-6-5-7-9-12/h5-11,14-15H,1-4H3. The second-order valence-corrected chi connectivity index (χ2v) is 8.64. The van der Waals surface area contributed by atoms with Gasteiger partial charge in [-0.2, -0.15) is 0 Å². The van der Waals surface area contributed by atoms with Crippen LogP contribution in [-0.2, 0) is 0 Å². The summed E-state index contributed by atoms with van der Waals surface area (Å²) in [6.45, 7) is 6.99. The number of hydrogen-bond acceptors (Lipinski definition) is 1. The molecule has 1 rings (SSSR count). The first kappa shape index (κ1) is 12.0. The van der Waals surface area contributed by atoms with Crippen LogP contribution in [0.3, 0.4) is 0 Å². The largest absolute Gasteiger partial charge is 0.395 e. The normalized spacial score (nSPS) is 14.1. The lowest BCUT2D eigenvalue weighted by Crippen LogP contribution is -2.37. The molecule has 15 heavy (non-hydrogen) atoms. The van der Waals surface area contributed by atoms with Crippen molar-refractivity contribution < 1.29 is 0 Å². The lowest BCUT2D eigenvalue weighted by molar-refractivity contribution is 0.749. The van der Waals surface area contributed by atoms with Gasteiger partial charge in [-0.15, -0.1) is 0 Å². The topological polar surface area (TPSA) is 12.0 Å². The lowest BCUT2D eigenvalue weighted by atomic mass is 10.2. The van der Waals surface area contributed by atoms with Gasteiger partial charge < -0.3 is 5.32 Å². The van der Waals surface area contributed by atoms with E-state index in [9.17, 15) is 0 Å². The summed E-state index contributed by atoms with van der Waals surface area (Å²) in [6.07, 6.45) is 2.08. The van der Waals surface area contributed by atoms with Crippen LogP contribution in [0.1, 0.15) is 20.8 Å². The van der Waals surface area contributed by atoms with Gasteiger partial charge in [0.15, 0.2) is 0 Å². The van der Waals surface area contributed by atoms with Crippen molar-refractivity contribution in [3.8, 4) is 0 Å². The van der Waals surface area contributed by atoms with Gasteiger partial charge in [0, 0.05) is 7.05 Å². The fourth-order valence-electron chi connectivity index (χ4n) is 1.75. The fourth-order valence-corrected chi connectivity index (χ4v) is 4.57. The van der Waals surface area contributed by atoms with E-state index in [1.54, 1.807) is 0 Å². The van der Waals surface area contributed by atoms with Gasteiger partial charge in [-0.25, -0.2) is 0 Å². The van der Waals surface area contributed by atoms with E-state index in [1.807, 2.05) is 7.05 Å². The molecule has 0 saturated carbocycles. The molecule has 0 spiro atoms. The molecule has 0 saturated heterocycles. The smallest absolute Gasteiger partial charge is 0.101 e. The van der Waals surface area contributed by atoms with Gasteiger partial charge in [-0.3, -0.25) is 0 Å². The highest BCUT2D eigenvalue weighted by atomic mass is 28.3. The third-order valence-electron chi connectivity index (χ3n) is 2.55. The molecule has 0 fully saturated rings.